The van der Waals surface area contributed by atoms with Gasteiger partial charge in [-0.05, 0) is 67.4 Å². The van der Waals surface area contributed by atoms with Crippen molar-refractivity contribution in [1.82, 2.24) is 10.6 Å². The minimum atomic E-state index is -1.26. The molecule has 1 saturated carbocycles. The quantitative estimate of drug-likeness (QED) is 0.175. The molecule has 12 heteroatoms. The highest BCUT2D eigenvalue weighted by Gasteiger charge is 2.21. The first-order valence-electron chi connectivity index (χ1n) is 13.1. The second-order valence-electron chi connectivity index (χ2n) is 9.36. The van der Waals surface area contributed by atoms with E-state index in [1.54, 1.807) is 0 Å². The molecule has 2 aromatic rings. The van der Waals surface area contributed by atoms with Crippen molar-refractivity contribution in [2.75, 3.05) is 13.1 Å². The molecule has 2 aromatic carbocycles. The molecule has 0 bridgehead atoms. The van der Waals surface area contributed by atoms with Crippen LogP contribution in [0, 0.1) is 11.8 Å². The van der Waals surface area contributed by atoms with Gasteiger partial charge < -0.3 is 31.1 Å². The van der Waals surface area contributed by atoms with Gasteiger partial charge >= 0.3 is 23.9 Å². The van der Waals surface area contributed by atoms with Crippen LogP contribution in [-0.2, 0) is 32.3 Å². The van der Waals surface area contributed by atoms with Crippen LogP contribution in [0.5, 0.6) is 0 Å². The zero-order chi connectivity index (χ0) is 31.3. The van der Waals surface area contributed by atoms with Gasteiger partial charge in [-0.3, -0.25) is 0 Å². The topological polar surface area (TPSA) is 173 Å². The third-order valence-corrected chi connectivity index (χ3v) is 6.78. The molecule has 0 aliphatic heterocycles. The van der Waals surface area contributed by atoms with Crippen molar-refractivity contribution in [3.63, 3.8) is 0 Å². The Morgan fingerprint density at radius 2 is 0.976 bits per heavy atom. The number of halogens is 2. The summed E-state index contributed by atoms with van der Waals surface area (Å²) in [6.07, 6.45) is 7.52. The lowest BCUT2D eigenvalue weighted by molar-refractivity contribution is -0.134. The molecule has 1 fully saturated rings. The Kier molecular flexibility index (Phi) is 18.2. The van der Waals surface area contributed by atoms with Gasteiger partial charge in [0.15, 0.2) is 0 Å². The van der Waals surface area contributed by atoms with Crippen molar-refractivity contribution in [3.8, 4) is 0 Å². The Labute approximate surface area is 254 Å². The van der Waals surface area contributed by atoms with E-state index in [9.17, 15) is 19.2 Å². The molecular formula is C30H36Cl2N2O8. The SMILES string of the molecule is Clc1ccccc1CNCC1CCCC(CNCc2ccccc2Cl)C1.O=C(O)C=CC(=O)O.O=C(O)C=CC(=O)O. The first kappa shape index (κ1) is 36.3. The monoisotopic (exact) mass is 622 g/mol. The molecule has 10 nitrogen and oxygen atoms in total. The molecule has 2 unspecified atom stereocenters. The second-order valence-corrected chi connectivity index (χ2v) is 10.2. The van der Waals surface area contributed by atoms with Crippen LogP contribution in [0.1, 0.15) is 36.8 Å². The summed E-state index contributed by atoms with van der Waals surface area (Å²) in [5, 5.41) is 40.2. The van der Waals surface area contributed by atoms with E-state index >= 15 is 0 Å². The van der Waals surface area contributed by atoms with Crippen LogP contribution in [0.3, 0.4) is 0 Å². The summed E-state index contributed by atoms with van der Waals surface area (Å²) in [7, 11) is 0. The fourth-order valence-corrected chi connectivity index (χ4v) is 4.57. The number of carbonyl (C=O) groups is 4. The molecule has 42 heavy (non-hydrogen) atoms. The maximum atomic E-state index is 9.55. The van der Waals surface area contributed by atoms with Crippen LogP contribution in [-0.4, -0.2) is 57.4 Å². The minimum Gasteiger partial charge on any atom is -0.478 e. The summed E-state index contributed by atoms with van der Waals surface area (Å²) in [5.41, 5.74) is 2.37. The Hall–Kier alpha value is -3.70. The van der Waals surface area contributed by atoms with Gasteiger partial charge in [-0.25, -0.2) is 19.2 Å². The summed E-state index contributed by atoms with van der Waals surface area (Å²) in [5.74, 6) is -3.50. The Balaban J connectivity index is 0.000000454. The van der Waals surface area contributed by atoms with Crippen molar-refractivity contribution in [2.24, 2.45) is 11.8 Å². The lowest BCUT2D eigenvalue weighted by Gasteiger charge is -2.29. The van der Waals surface area contributed by atoms with E-state index in [2.05, 4.69) is 22.8 Å². The van der Waals surface area contributed by atoms with E-state index in [4.69, 9.17) is 43.6 Å². The van der Waals surface area contributed by atoms with Gasteiger partial charge in [0.2, 0.25) is 0 Å². The van der Waals surface area contributed by atoms with Crippen LogP contribution in [0.4, 0.5) is 0 Å². The number of benzene rings is 2. The molecule has 228 valence electrons. The summed E-state index contributed by atoms with van der Waals surface area (Å²) in [6, 6.07) is 16.2. The third kappa shape index (κ3) is 17.9. The number of nitrogens with one attached hydrogen (secondary N) is 2. The van der Waals surface area contributed by atoms with Crippen molar-refractivity contribution >= 4 is 47.1 Å². The van der Waals surface area contributed by atoms with E-state index in [0.29, 0.717) is 24.3 Å². The summed E-state index contributed by atoms with van der Waals surface area (Å²) in [6.45, 7) is 3.86. The predicted octanol–water partition coefficient (Wildman–Crippen LogP) is 5.10. The fraction of sp³-hybridized carbons (Fsp3) is 0.333. The molecule has 0 spiro atoms. The highest BCUT2D eigenvalue weighted by Crippen LogP contribution is 2.28. The van der Waals surface area contributed by atoms with Gasteiger partial charge in [0.05, 0.1) is 0 Å². The van der Waals surface area contributed by atoms with Crippen LogP contribution in [0.25, 0.3) is 0 Å². The highest BCUT2D eigenvalue weighted by molar-refractivity contribution is 6.31. The molecule has 3 rings (SSSR count). The highest BCUT2D eigenvalue weighted by atomic mass is 35.5. The molecule has 2 atom stereocenters. The van der Waals surface area contributed by atoms with Crippen LogP contribution < -0.4 is 10.6 Å². The number of rotatable bonds is 12. The summed E-state index contributed by atoms with van der Waals surface area (Å²) < 4.78 is 0. The second kappa shape index (κ2) is 21.1. The molecule has 1 aliphatic rings. The van der Waals surface area contributed by atoms with E-state index < -0.39 is 23.9 Å². The zero-order valence-electron chi connectivity index (χ0n) is 22.9. The predicted molar refractivity (Wildman–Crippen MR) is 161 cm³/mol. The van der Waals surface area contributed by atoms with Crippen molar-refractivity contribution in [2.45, 2.75) is 38.8 Å². The van der Waals surface area contributed by atoms with Gasteiger partial charge in [-0.1, -0.05) is 66.0 Å². The Morgan fingerprint density at radius 1 is 0.643 bits per heavy atom. The van der Waals surface area contributed by atoms with Crippen molar-refractivity contribution in [1.29, 1.82) is 0 Å². The Bertz CT molecular complexity index is 1100. The summed E-state index contributed by atoms with van der Waals surface area (Å²) in [4.78, 5) is 38.2. The fourth-order valence-electron chi connectivity index (χ4n) is 4.16. The molecule has 6 N–H and O–H groups in total. The minimum absolute atomic E-state index is 0.558. The van der Waals surface area contributed by atoms with E-state index in [1.807, 2.05) is 36.4 Å². The maximum absolute atomic E-state index is 9.55. The van der Waals surface area contributed by atoms with Crippen LogP contribution >= 0.6 is 23.2 Å². The van der Waals surface area contributed by atoms with Gasteiger partial charge in [0.25, 0.3) is 0 Å². The summed E-state index contributed by atoms with van der Waals surface area (Å²) >= 11 is 12.5. The van der Waals surface area contributed by atoms with Crippen molar-refractivity contribution < 1.29 is 39.6 Å². The van der Waals surface area contributed by atoms with Crippen LogP contribution in [0.2, 0.25) is 10.0 Å². The third-order valence-electron chi connectivity index (χ3n) is 6.04. The normalized spacial score (nSPS) is 16.1. The average molecular weight is 624 g/mol. The number of carboxylic acids is 4. The van der Waals surface area contributed by atoms with Gasteiger partial charge in [-0.15, -0.1) is 0 Å². The first-order chi connectivity index (χ1) is 20.0. The van der Waals surface area contributed by atoms with Gasteiger partial charge in [-0.2, -0.15) is 0 Å². The number of hydrogen-bond donors (Lipinski definition) is 6. The Morgan fingerprint density at radius 3 is 1.29 bits per heavy atom. The number of hydrogen-bond acceptors (Lipinski definition) is 6. The number of carboxylic acid groups (broad SMARTS) is 4. The molecule has 0 amide bonds. The zero-order valence-corrected chi connectivity index (χ0v) is 24.4. The first-order valence-corrected chi connectivity index (χ1v) is 13.9. The van der Waals surface area contributed by atoms with Gasteiger partial charge in [0.1, 0.15) is 0 Å². The molecular weight excluding hydrogens is 587 g/mol. The lowest BCUT2D eigenvalue weighted by Crippen LogP contribution is -2.31. The van der Waals surface area contributed by atoms with Crippen molar-refractivity contribution in [3.05, 3.63) is 94.0 Å². The standard InChI is InChI=1S/C22H28Cl2N2.2C4H4O4/c23-21-10-3-1-8-19(21)15-25-13-17-6-5-7-18(12-17)14-26-16-20-9-2-4-11-22(20)24;2*5-3(6)1-2-4(7)8/h1-4,8-11,17-18,25-26H,5-7,12-16H2;2*1-2H,(H,5,6)(H,7,8). The molecule has 0 heterocycles. The average Bonchev–Trinajstić information content (AvgIpc) is 2.94. The molecule has 0 aromatic heterocycles. The van der Waals surface area contributed by atoms with Gasteiger partial charge in [0, 0.05) is 47.4 Å². The largest absolute Gasteiger partial charge is 0.478 e. The van der Waals surface area contributed by atoms with E-state index in [-0.39, 0.29) is 0 Å². The maximum Gasteiger partial charge on any atom is 0.328 e. The molecule has 0 radical (unpaired) electrons. The number of aliphatic carboxylic acids is 4. The van der Waals surface area contributed by atoms with E-state index in [0.717, 1.165) is 48.1 Å². The van der Waals surface area contributed by atoms with E-state index in [1.165, 1.54) is 36.8 Å². The molecule has 0 saturated heterocycles. The lowest BCUT2D eigenvalue weighted by atomic mass is 9.81. The van der Waals surface area contributed by atoms with Crippen LogP contribution in [0.15, 0.2) is 72.8 Å². The molecule has 1 aliphatic carbocycles. The smallest absolute Gasteiger partial charge is 0.328 e.